The predicted octanol–water partition coefficient (Wildman–Crippen LogP) is 1.27. The third-order valence-electron chi connectivity index (χ3n) is 3.61. The average Bonchev–Trinajstić information content (AvgIpc) is 2.54. The van der Waals surface area contributed by atoms with E-state index in [1.165, 1.54) is 23.1 Å². The second-order valence-electron chi connectivity index (χ2n) is 5.31. The number of benzene rings is 1. The molecule has 2 rings (SSSR count). The van der Waals surface area contributed by atoms with Crippen molar-refractivity contribution in [2.75, 3.05) is 25.0 Å². The number of likely N-dealkylation sites (tertiary alicyclic amines) is 1. The fraction of sp³-hybridized carbons (Fsp3) is 0.400. The Morgan fingerprint density at radius 3 is 2.74 bits per heavy atom. The molecule has 0 aromatic heterocycles. The molecule has 0 aliphatic carbocycles. The zero-order valence-electron chi connectivity index (χ0n) is 12.4. The average molecular weight is 323 g/mol. The second-order valence-corrected chi connectivity index (χ2v) is 5.31. The lowest BCUT2D eigenvalue weighted by atomic mass is 9.97. The zero-order chi connectivity index (χ0) is 16.8. The van der Waals surface area contributed by atoms with Crippen LogP contribution < -0.4 is 10.6 Å². The molecule has 1 fully saturated rings. The van der Waals surface area contributed by atoms with E-state index in [2.05, 4.69) is 10.6 Å². The highest BCUT2D eigenvalue weighted by atomic mass is 19.1. The smallest absolute Gasteiger partial charge is 0.322 e. The monoisotopic (exact) mass is 323 g/mol. The molecule has 1 aromatic rings. The Morgan fingerprint density at radius 2 is 2.04 bits per heavy atom. The number of nitrogens with zero attached hydrogens (tertiary/aromatic N) is 1. The van der Waals surface area contributed by atoms with Crippen molar-refractivity contribution in [2.24, 2.45) is 5.92 Å². The van der Waals surface area contributed by atoms with Crippen LogP contribution in [0.3, 0.4) is 0 Å². The summed E-state index contributed by atoms with van der Waals surface area (Å²) in [6, 6.07) is 5.35. The van der Waals surface area contributed by atoms with Crippen LogP contribution in [-0.4, -0.2) is 47.5 Å². The van der Waals surface area contributed by atoms with Crippen molar-refractivity contribution in [3.63, 3.8) is 0 Å². The van der Waals surface area contributed by atoms with Gasteiger partial charge in [0.15, 0.2) is 0 Å². The lowest BCUT2D eigenvalue weighted by molar-refractivity contribution is -0.138. The minimum absolute atomic E-state index is 0.0787. The molecule has 0 spiro atoms. The Hall–Kier alpha value is -2.64. The minimum Gasteiger partial charge on any atom is -0.480 e. The quantitative estimate of drug-likeness (QED) is 0.777. The first-order valence-electron chi connectivity index (χ1n) is 7.27. The van der Waals surface area contributed by atoms with Crippen LogP contribution in [0, 0.1) is 11.7 Å². The number of para-hydroxylation sites is 1. The number of carbonyl (C=O) groups excluding carboxylic acids is 2. The molecule has 1 unspecified atom stereocenters. The Morgan fingerprint density at radius 1 is 1.30 bits per heavy atom. The summed E-state index contributed by atoms with van der Waals surface area (Å²) in [5, 5.41) is 13.4. The molecule has 0 radical (unpaired) electrons. The zero-order valence-corrected chi connectivity index (χ0v) is 12.4. The maximum atomic E-state index is 13.5. The summed E-state index contributed by atoms with van der Waals surface area (Å²) in [4.78, 5) is 36.0. The van der Waals surface area contributed by atoms with Crippen molar-refractivity contribution in [1.82, 2.24) is 10.2 Å². The van der Waals surface area contributed by atoms with Gasteiger partial charge < -0.3 is 20.6 Å². The Bertz CT molecular complexity index is 608. The molecule has 1 aliphatic heterocycles. The molecule has 1 heterocycles. The van der Waals surface area contributed by atoms with Crippen LogP contribution in [-0.2, 0) is 9.59 Å². The molecule has 0 bridgehead atoms. The number of aliphatic carboxylic acids is 1. The van der Waals surface area contributed by atoms with E-state index in [9.17, 15) is 18.8 Å². The first-order valence-corrected chi connectivity index (χ1v) is 7.27. The van der Waals surface area contributed by atoms with Gasteiger partial charge in [-0.15, -0.1) is 0 Å². The van der Waals surface area contributed by atoms with Crippen molar-refractivity contribution in [3.05, 3.63) is 30.1 Å². The number of hydrogen-bond donors (Lipinski definition) is 3. The number of anilines is 1. The maximum Gasteiger partial charge on any atom is 0.322 e. The van der Waals surface area contributed by atoms with Crippen LogP contribution in [0.25, 0.3) is 0 Å². The molecule has 1 saturated heterocycles. The van der Waals surface area contributed by atoms with E-state index >= 15 is 0 Å². The number of carbonyl (C=O) groups is 3. The van der Waals surface area contributed by atoms with Gasteiger partial charge >= 0.3 is 12.0 Å². The van der Waals surface area contributed by atoms with Gasteiger partial charge in [-0.25, -0.2) is 9.18 Å². The number of urea groups is 1. The van der Waals surface area contributed by atoms with Gasteiger partial charge in [-0.3, -0.25) is 9.59 Å². The number of rotatable bonds is 4. The Kier molecular flexibility index (Phi) is 5.51. The first kappa shape index (κ1) is 16.7. The molecular formula is C15H18FN3O4. The van der Waals surface area contributed by atoms with Crippen molar-refractivity contribution in [1.29, 1.82) is 0 Å². The van der Waals surface area contributed by atoms with Crippen LogP contribution in [0.15, 0.2) is 24.3 Å². The molecule has 3 amide bonds. The number of carboxylic acids is 1. The number of hydrogen-bond acceptors (Lipinski definition) is 3. The molecule has 1 aromatic carbocycles. The highest BCUT2D eigenvalue weighted by Crippen LogP contribution is 2.19. The van der Waals surface area contributed by atoms with Crippen LogP contribution >= 0.6 is 0 Å². The van der Waals surface area contributed by atoms with Gasteiger partial charge in [-0.05, 0) is 25.0 Å². The van der Waals surface area contributed by atoms with Crippen molar-refractivity contribution < 1.29 is 23.9 Å². The van der Waals surface area contributed by atoms with E-state index in [0.29, 0.717) is 19.4 Å². The molecule has 1 aliphatic rings. The SMILES string of the molecule is O=C(O)CNC(=O)C1CCCN(C(=O)Nc2ccccc2F)C1. The fourth-order valence-electron chi connectivity index (χ4n) is 2.44. The van der Waals surface area contributed by atoms with Gasteiger partial charge in [0, 0.05) is 13.1 Å². The lowest BCUT2D eigenvalue weighted by Crippen LogP contribution is -2.47. The van der Waals surface area contributed by atoms with Crippen molar-refractivity contribution >= 4 is 23.6 Å². The van der Waals surface area contributed by atoms with Crippen LogP contribution in [0.5, 0.6) is 0 Å². The molecule has 0 saturated carbocycles. The maximum absolute atomic E-state index is 13.5. The number of nitrogens with one attached hydrogen (secondary N) is 2. The van der Waals surface area contributed by atoms with Crippen LogP contribution in [0.2, 0.25) is 0 Å². The fourth-order valence-corrected chi connectivity index (χ4v) is 2.44. The number of piperidine rings is 1. The van der Waals surface area contributed by atoms with Gasteiger partial charge in [0.2, 0.25) is 5.91 Å². The standard InChI is InChI=1S/C15H18FN3O4/c16-11-5-1-2-6-12(11)18-15(23)19-7-3-4-10(9-19)14(22)17-8-13(20)21/h1-2,5-6,10H,3-4,7-9H2,(H,17,22)(H,18,23)(H,20,21). The highest BCUT2D eigenvalue weighted by Gasteiger charge is 2.28. The third kappa shape index (κ3) is 4.67. The summed E-state index contributed by atoms with van der Waals surface area (Å²) in [5.74, 6) is -2.51. The molecule has 124 valence electrons. The molecule has 7 nitrogen and oxygen atoms in total. The van der Waals surface area contributed by atoms with E-state index in [0.717, 1.165) is 0 Å². The summed E-state index contributed by atoms with van der Waals surface area (Å²) in [6.45, 7) is 0.186. The summed E-state index contributed by atoms with van der Waals surface area (Å²) >= 11 is 0. The number of amides is 3. The normalized spacial score (nSPS) is 17.4. The number of halogens is 1. The van der Waals surface area contributed by atoms with E-state index in [4.69, 9.17) is 5.11 Å². The second kappa shape index (κ2) is 7.57. The van der Waals surface area contributed by atoms with E-state index in [-0.39, 0.29) is 12.2 Å². The highest BCUT2D eigenvalue weighted by molar-refractivity contribution is 5.90. The van der Waals surface area contributed by atoms with Gasteiger partial charge in [-0.2, -0.15) is 0 Å². The van der Waals surface area contributed by atoms with Crippen molar-refractivity contribution in [2.45, 2.75) is 12.8 Å². The first-order chi connectivity index (χ1) is 11.0. The van der Waals surface area contributed by atoms with Crippen LogP contribution in [0.4, 0.5) is 14.9 Å². The summed E-state index contributed by atoms with van der Waals surface area (Å²) < 4.78 is 13.5. The molecule has 8 heteroatoms. The summed E-state index contributed by atoms with van der Waals surface area (Å²) in [6.07, 6.45) is 1.20. The van der Waals surface area contributed by atoms with Crippen molar-refractivity contribution in [3.8, 4) is 0 Å². The molecule has 3 N–H and O–H groups in total. The minimum atomic E-state index is -1.12. The summed E-state index contributed by atoms with van der Waals surface area (Å²) in [5.41, 5.74) is 0.0787. The molecule has 1 atom stereocenters. The lowest BCUT2D eigenvalue weighted by Gasteiger charge is -2.32. The summed E-state index contributed by atoms with van der Waals surface area (Å²) in [7, 11) is 0. The largest absolute Gasteiger partial charge is 0.480 e. The predicted molar refractivity (Wildman–Crippen MR) is 80.4 cm³/mol. The van der Waals surface area contributed by atoms with Gasteiger partial charge in [-0.1, -0.05) is 12.1 Å². The van der Waals surface area contributed by atoms with E-state index in [1.807, 2.05) is 0 Å². The topological polar surface area (TPSA) is 98.7 Å². The van der Waals surface area contributed by atoms with E-state index in [1.54, 1.807) is 6.07 Å². The van der Waals surface area contributed by atoms with E-state index < -0.39 is 36.2 Å². The van der Waals surface area contributed by atoms with Gasteiger partial charge in [0.05, 0.1) is 11.6 Å². The number of carboxylic acid groups (broad SMARTS) is 1. The van der Waals surface area contributed by atoms with Gasteiger partial charge in [0.1, 0.15) is 12.4 Å². The van der Waals surface area contributed by atoms with Gasteiger partial charge in [0.25, 0.3) is 0 Å². The molecular weight excluding hydrogens is 305 g/mol. The Labute approximate surface area is 132 Å². The molecule has 23 heavy (non-hydrogen) atoms. The Balaban J connectivity index is 1.92. The van der Waals surface area contributed by atoms with Crippen LogP contribution in [0.1, 0.15) is 12.8 Å². The third-order valence-corrected chi connectivity index (χ3v) is 3.61.